The van der Waals surface area contributed by atoms with E-state index in [0.29, 0.717) is 17.5 Å². The molecule has 2 N–H and O–H groups in total. The molecule has 0 amide bonds. The maximum absolute atomic E-state index is 11.5. The van der Waals surface area contributed by atoms with Gasteiger partial charge in [-0.25, -0.2) is 19.3 Å². The van der Waals surface area contributed by atoms with Crippen molar-refractivity contribution in [3.63, 3.8) is 0 Å². The summed E-state index contributed by atoms with van der Waals surface area (Å²) >= 11 is 0. The van der Waals surface area contributed by atoms with E-state index in [1.165, 1.54) is 23.7 Å². The minimum Gasteiger partial charge on any atom is -0.367 e. The second-order valence-electron chi connectivity index (χ2n) is 4.95. The van der Waals surface area contributed by atoms with Crippen LogP contribution in [-0.2, 0) is 0 Å². The molecule has 2 rings (SSSR count). The summed E-state index contributed by atoms with van der Waals surface area (Å²) in [5.74, 6) is 1.41. The molecule has 0 fully saturated rings. The monoisotopic (exact) mass is 263 g/mol. The lowest BCUT2D eigenvalue weighted by Gasteiger charge is -2.14. The lowest BCUT2D eigenvalue weighted by Crippen LogP contribution is -2.18. The van der Waals surface area contributed by atoms with Gasteiger partial charge in [0.15, 0.2) is 5.65 Å². The Bertz CT molecular complexity index is 601. The number of nitrogens with zero attached hydrogens (tertiary/aromatic N) is 3. The first-order valence-electron chi connectivity index (χ1n) is 6.83. The van der Waals surface area contributed by atoms with E-state index in [2.05, 4.69) is 34.3 Å². The maximum Gasteiger partial charge on any atom is 0.349 e. The summed E-state index contributed by atoms with van der Waals surface area (Å²) in [5, 5.41) is 9.76. The second-order valence-corrected chi connectivity index (χ2v) is 4.95. The molecule has 6 heteroatoms. The van der Waals surface area contributed by atoms with Gasteiger partial charge in [-0.05, 0) is 20.3 Å². The summed E-state index contributed by atoms with van der Waals surface area (Å²) < 4.78 is 1.47. The van der Waals surface area contributed by atoms with Gasteiger partial charge in [0, 0.05) is 12.1 Å². The third kappa shape index (κ3) is 3.13. The highest BCUT2D eigenvalue weighted by Gasteiger charge is 2.08. The molecular weight excluding hydrogens is 242 g/mol. The van der Waals surface area contributed by atoms with Gasteiger partial charge in [-0.2, -0.15) is 5.10 Å². The van der Waals surface area contributed by atoms with Gasteiger partial charge >= 0.3 is 5.69 Å². The Morgan fingerprint density at radius 1 is 1.47 bits per heavy atom. The van der Waals surface area contributed by atoms with Gasteiger partial charge in [-0.3, -0.25) is 0 Å². The molecule has 0 spiro atoms. The zero-order valence-electron chi connectivity index (χ0n) is 11.7. The molecule has 19 heavy (non-hydrogen) atoms. The predicted octanol–water partition coefficient (Wildman–Crippen LogP) is 2.11. The smallest absolute Gasteiger partial charge is 0.349 e. The van der Waals surface area contributed by atoms with Gasteiger partial charge in [0.05, 0.1) is 0 Å². The van der Waals surface area contributed by atoms with Crippen LogP contribution in [0.5, 0.6) is 0 Å². The van der Waals surface area contributed by atoms with E-state index in [4.69, 9.17) is 0 Å². The average Bonchev–Trinajstić information content (AvgIpc) is 2.71. The number of aromatic nitrogens is 4. The summed E-state index contributed by atoms with van der Waals surface area (Å²) in [6, 6.07) is 2.16. The number of fused-ring (bicyclic) bond motifs is 1. The average molecular weight is 263 g/mol. The number of unbranched alkanes of at least 4 members (excludes halogenated alkanes) is 2. The first-order chi connectivity index (χ1) is 9.11. The second kappa shape index (κ2) is 5.86. The standard InChI is InChI=1S/C13H21N5O/c1-4-5-6-7-9(2)14-11-8-12-16-17-13(19)18(12)10(3)15-11/h8-9,14H,4-7H2,1-3H3,(H,17,19). The quantitative estimate of drug-likeness (QED) is 0.783. The minimum atomic E-state index is -0.248. The molecule has 0 aliphatic rings. The van der Waals surface area contributed by atoms with E-state index in [9.17, 15) is 4.79 Å². The summed E-state index contributed by atoms with van der Waals surface area (Å²) in [5.41, 5.74) is 0.350. The lowest BCUT2D eigenvalue weighted by atomic mass is 10.1. The van der Waals surface area contributed by atoms with E-state index < -0.39 is 0 Å². The first kappa shape index (κ1) is 13.6. The fourth-order valence-corrected chi connectivity index (χ4v) is 2.20. The van der Waals surface area contributed by atoms with Crippen molar-refractivity contribution in [3.8, 4) is 0 Å². The lowest BCUT2D eigenvalue weighted by molar-refractivity contribution is 0.613. The molecule has 6 nitrogen and oxygen atoms in total. The van der Waals surface area contributed by atoms with Crippen LogP contribution in [-0.4, -0.2) is 25.6 Å². The molecule has 1 atom stereocenters. The van der Waals surface area contributed by atoms with Crippen molar-refractivity contribution in [3.05, 3.63) is 22.4 Å². The molecule has 0 saturated heterocycles. The van der Waals surface area contributed by atoms with E-state index >= 15 is 0 Å². The van der Waals surface area contributed by atoms with Crippen LogP contribution in [0.1, 0.15) is 45.4 Å². The molecule has 0 aromatic carbocycles. The van der Waals surface area contributed by atoms with Crippen molar-refractivity contribution in [1.82, 2.24) is 19.6 Å². The van der Waals surface area contributed by atoms with Crippen molar-refractivity contribution in [2.75, 3.05) is 5.32 Å². The molecule has 2 aromatic rings. The van der Waals surface area contributed by atoms with Crippen molar-refractivity contribution in [2.45, 2.75) is 52.5 Å². The first-order valence-corrected chi connectivity index (χ1v) is 6.83. The van der Waals surface area contributed by atoms with Crippen LogP contribution in [0.25, 0.3) is 5.65 Å². The van der Waals surface area contributed by atoms with Crippen molar-refractivity contribution in [1.29, 1.82) is 0 Å². The van der Waals surface area contributed by atoms with Crippen molar-refractivity contribution >= 4 is 11.5 Å². The molecule has 0 radical (unpaired) electrons. The van der Waals surface area contributed by atoms with Crippen molar-refractivity contribution < 1.29 is 0 Å². The molecule has 2 aromatic heterocycles. The molecular formula is C13H21N5O. The Kier molecular flexibility index (Phi) is 4.19. The topological polar surface area (TPSA) is 75.1 Å². The van der Waals surface area contributed by atoms with Crippen LogP contribution in [0.2, 0.25) is 0 Å². The zero-order valence-corrected chi connectivity index (χ0v) is 11.7. The number of hydrogen-bond acceptors (Lipinski definition) is 4. The van der Waals surface area contributed by atoms with Gasteiger partial charge in [0.1, 0.15) is 11.6 Å². The molecule has 104 valence electrons. The molecule has 2 heterocycles. The van der Waals surface area contributed by atoms with Crippen LogP contribution >= 0.6 is 0 Å². The number of aryl methyl sites for hydroxylation is 1. The van der Waals surface area contributed by atoms with Crippen LogP contribution < -0.4 is 11.0 Å². The van der Waals surface area contributed by atoms with E-state index in [0.717, 1.165) is 12.2 Å². The fraction of sp³-hybridized carbons (Fsp3) is 0.615. The summed E-state index contributed by atoms with van der Waals surface area (Å²) in [4.78, 5) is 15.9. The van der Waals surface area contributed by atoms with Gasteiger partial charge in [-0.15, -0.1) is 0 Å². The Morgan fingerprint density at radius 2 is 2.26 bits per heavy atom. The number of rotatable bonds is 6. The summed E-state index contributed by atoms with van der Waals surface area (Å²) in [7, 11) is 0. The number of aromatic amines is 1. The van der Waals surface area contributed by atoms with E-state index in [1.54, 1.807) is 13.0 Å². The third-order valence-corrected chi connectivity index (χ3v) is 3.20. The van der Waals surface area contributed by atoms with Crippen molar-refractivity contribution in [2.24, 2.45) is 0 Å². The predicted molar refractivity (Wildman–Crippen MR) is 75.6 cm³/mol. The van der Waals surface area contributed by atoms with Gasteiger partial charge in [0.2, 0.25) is 0 Å². The van der Waals surface area contributed by atoms with Crippen LogP contribution in [0, 0.1) is 6.92 Å². The number of nitrogens with one attached hydrogen (secondary N) is 2. The Hall–Kier alpha value is -1.85. The van der Waals surface area contributed by atoms with E-state index in [-0.39, 0.29) is 5.69 Å². The number of hydrogen-bond donors (Lipinski definition) is 2. The Labute approximate surface area is 112 Å². The van der Waals surface area contributed by atoms with Crippen LogP contribution in [0.3, 0.4) is 0 Å². The van der Waals surface area contributed by atoms with Gasteiger partial charge in [0.25, 0.3) is 0 Å². The molecule has 1 unspecified atom stereocenters. The number of anilines is 1. The fourth-order valence-electron chi connectivity index (χ4n) is 2.20. The highest BCUT2D eigenvalue weighted by atomic mass is 16.1. The molecule has 0 aliphatic heterocycles. The molecule has 0 saturated carbocycles. The summed E-state index contributed by atoms with van der Waals surface area (Å²) in [6.45, 7) is 6.15. The van der Waals surface area contributed by atoms with Crippen LogP contribution in [0.15, 0.2) is 10.9 Å². The summed E-state index contributed by atoms with van der Waals surface area (Å²) in [6.07, 6.45) is 4.82. The maximum atomic E-state index is 11.5. The van der Waals surface area contributed by atoms with Gasteiger partial charge in [-0.1, -0.05) is 26.2 Å². The third-order valence-electron chi connectivity index (χ3n) is 3.20. The zero-order chi connectivity index (χ0) is 13.8. The largest absolute Gasteiger partial charge is 0.367 e. The highest BCUT2D eigenvalue weighted by Crippen LogP contribution is 2.12. The molecule has 0 aliphatic carbocycles. The van der Waals surface area contributed by atoms with E-state index in [1.807, 2.05) is 0 Å². The Morgan fingerprint density at radius 3 is 3.00 bits per heavy atom. The Balaban J connectivity index is 2.11. The van der Waals surface area contributed by atoms with Crippen LogP contribution in [0.4, 0.5) is 5.82 Å². The SMILES string of the molecule is CCCCCC(C)Nc1cc2n[nH]c(=O)n2c(C)n1. The molecule has 0 bridgehead atoms. The van der Waals surface area contributed by atoms with Gasteiger partial charge < -0.3 is 5.32 Å². The minimum absolute atomic E-state index is 0.248. The number of H-pyrrole nitrogens is 1. The normalized spacial score (nSPS) is 12.8. The highest BCUT2D eigenvalue weighted by molar-refractivity contribution is 5.49.